The summed E-state index contributed by atoms with van der Waals surface area (Å²) in [5, 5.41) is 3.80. The molecule has 0 aliphatic heterocycles. The second kappa shape index (κ2) is 11.2. The summed E-state index contributed by atoms with van der Waals surface area (Å²) in [5.41, 5.74) is 3.09. The van der Waals surface area contributed by atoms with Gasteiger partial charge in [-0.3, -0.25) is 9.10 Å². The van der Waals surface area contributed by atoms with E-state index >= 15 is 0 Å². The van der Waals surface area contributed by atoms with E-state index in [0.29, 0.717) is 10.0 Å². The SMILES string of the molecule is Cc1ccccc1[C@H](NC(=O)CN(c1cccc(Cl)c1)S(=O)(=O)c1ccc(Cl)cc1)c1ccccc1. The molecular formula is C28H24Cl2N2O3S. The van der Waals surface area contributed by atoms with Gasteiger partial charge in [0.05, 0.1) is 16.6 Å². The topological polar surface area (TPSA) is 66.5 Å². The predicted octanol–water partition coefficient (Wildman–Crippen LogP) is 6.40. The first-order valence-corrected chi connectivity index (χ1v) is 13.4. The lowest BCUT2D eigenvalue weighted by atomic mass is 9.95. The molecule has 0 aromatic heterocycles. The Bertz CT molecular complexity index is 1460. The molecular weight excluding hydrogens is 515 g/mol. The molecule has 4 rings (SSSR count). The standard InChI is InChI=1S/C28H24Cl2N2O3S/c1-20-8-5-6-13-26(20)28(21-9-3-2-4-10-21)31-27(33)19-32(24-12-7-11-23(30)18-24)36(34,35)25-16-14-22(29)15-17-25/h2-18,28H,19H2,1H3,(H,31,33)/t28-/m1/s1. The minimum Gasteiger partial charge on any atom is -0.344 e. The summed E-state index contributed by atoms with van der Waals surface area (Å²) in [6, 6.07) is 29.1. The van der Waals surface area contributed by atoms with E-state index in [4.69, 9.17) is 23.2 Å². The molecule has 0 spiro atoms. The minimum atomic E-state index is -4.10. The predicted molar refractivity (Wildman–Crippen MR) is 145 cm³/mol. The maximum absolute atomic E-state index is 13.6. The molecule has 1 amide bonds. The normalized spacial score (nSPS) is 12.1. The molecule has 184 valence electrons. The molecule has 0 saturated carbocycles. The average Bonchev–Trinajstić information content (AvgIpc) is 2.87. The summed E-state index contributed by atoms with van der Waals surface area (Å²) >= 11 is 12.1. The number of rotatable bonds is 8. The largest absolute Gasteiger partial charge is 0.344 e. The summed E-state index contributed by atoms with van der Waals surface area (Å²) in [5.74, 6) is -0.468. The highest BCUT2D eigenvalue weighted by Gasteiger charge is 2.29. The summed E-state index contributed by atoms with van der Waals surface area (Å²) in [7, 11) is -4.10. The van der Waals surface area contributed by atoms with Crippen LogP contribution in [0.3, 0.4) is 0 Å². The number of benzene rings is 4. The highest BCUT2D eigenvalue weighted by molar-refractivity contribution is 7.92. The summed E-state index contributed by atoms with van der Waals surface area (Å²) in [6.07, 6.45) is 0. The number of aryl methyl sites for hydroxylation is 1. The van der Waals surface area contributed by atoms with Crippen molar-refractivity contribution in [1.29, 1.82) is 0 Å². The van der Waals surface area contributed by atoms with Crippen molar-refractivity contribution >= 4 is 44.8 Å². The number of sulfonamides is 1. The van der Waals surface area contributed by atoms with Crippen LogP contribution in [0.15, 0.2) is 108 Å². The lowest BCUT2D eigenvalue weighted by Crippen LogP contribution is -2.42. The van der Waals surface area contributed by atoms with Crippen molar-refractivity contribution in [3.63, 3.8) is 0 Å². The van der Waals surface area contributed by atoms with Gasteiger partial charge in [-0.25, -0.2) is 8.42 Å². The number of amides is 1. The van der Waals surface area contributed by atoms with Crippen molar-refractivity contribution in [2.45, 2.75) is 17.9 Å². The number of hydrogen-bond donors (Lipinski definition) is 1. The average molecular weight is 539 g/mol. The van der Waals surface area contributed by atoms with Crippen LogP contribution in [0.1, 0.15) is 22.7 Å². The zero-order valence-corrected chi connectivity index (χ0v) is 21.8. The van der Waals surface area contributed by atoms with Crippen LogP contribution in [0.25, 0.3) is 0 Å². The van der Waals surface area contributed by atoms with Gasteiger partial charge in [0.15, 0.2) is 0 Å². The van der Waals surface area contributed by atoms with Crippen LogP contribution in [-0.2, 0) is 14.8 Å². The molecule has 0 fully saturated rings. The molecule has 4 aromatic rings. The Balaban J connectivity index is 1.70. The van der Waals surface area contributed by atoms with Crippen LogP contribution in [-0.4, -0.2) is 20.9 Å². The molecule has 0 bridgehead atoms. The van der Waals surface area contributed by atoms with Gasteiger partial charge in [0, 0.05) is 10.0 Å². The molecule has 0 radical (unpaired) electrons. The van der Waals surface area contributed by atoms with E-state index in [1.165, 1.54) is 30.3 Å². The zero-order valence-electron chi connectivity index (χ0n) is 19.4. The van der Waals surface area contributed by atoms with Crippen molar-refractivity contribution in [2.24, 2.45) is 0 Å². The van der Waals surface area contributed by atoms with Crippen molar-refractivity contribution in [3.05, 3.63) is 130 Å². The molecule has 1 N–H and O–H groups in total. The molecule has 0 unspecified atom stereocenters. The smallest absolute Gasteiger partial charge is 0.264 e. The number of carbonyl (C=O) groups excluding carboxylic acids is 1. The zero-order chi connectivity index (χ0) is 25.7. The maximum Gasteiger partial charge on any atom is 0.264 e. The van der Waals surface area contributed by atoms with Gasteiger partial charge in [-0.2, -0.15) is 0 Å². The summed E-state index contributed by atoms with van der Waals surface area (Å²) in [4.78, 5) is 13.5. The van der Waals surface area contributed by atoms with Crippen molar-refractivity contribution in [3.8, 4) is 0 Å². The molecule has 0 aliphatic rings. The summed E-state index contributed by atoms with van der Waals surface area (Å²) in [6.45, 7) is 1.53. The van der Waals surface area contributed by atoms with Gasteiger partial charge in [0.25, 0.3) is 10.0 Å². The van der Waals surface area contributed by atoms with Gasteiger partial charge in [0.2, 0.25) is 5.91 Å². The highest BCUT2D eigenvalue weighted by Crippen LogP contribution is 2.28. The third-order valence-electron chi connectivity index (χ3n) is 5.72. The second-order valence-corrected chi connectivity index (χ2v) is 10.9. The first-order chi connectivity index (χ1) is 17.3. The van der Waals surface area contributed by atoms with Gasteiger partial charge in [-0.15, -0.1) is 0 Å². The summed E-state index contributed by atoms with van der Waals surface area (Å²) < 4.78 is 28.3. The van der Waals surface area contributed by atoms with Crippen LogP contribution in [0.4, 0.5) is 5.69 Å². The number of nitrogens with zero attached hydrogens (tertiary/aromatic N) is 1. The van der Waals surface area contributed by atoms with E-state index < -0.39 is 28.5 Å². The van der Waals surface area contributed by atoms with Gasteiger partial charge in [-0.1, -0.05) is 83.9 Å². The van der Waals surface area contributed by atoms with E-state index in [1.807, 2.05) is 61.5 Å². The molecule has 8 heteroatoms. The van der Waals surface area contributed by atoms with Gasteiger partial charge >= 0.3 is 0 Å². The monoisotopic (exact) mass is 538 g/mol. The second-order valence-electron chi connectivity index (χ2n) is 8.21. The van der Waals surface area contributed by atoms with E-state index in [2.05, 4.69) is 5.32 Å². The molecule has 4 aromatic carbocycles. The molecule has 5 nitrogen and oxygen atoms in total. The van der Waals surface area contributed by atoms with Crippen LogP contribution >= 0.6 is 23.2 Å². The van der Waals surface area contributed by atoms with Crippen LogP contribution in [0.5, 0.6) is 0 Å². The first-order valence-electron chi connectivity index (χ1n) is 11.2. The van der Waals surface area contributed by atoms with Crippen molar-refractivity contribution in [1.82, 2.24) is 5.32 Å². The Morgan fingerprint density at radius 3 is 2.17 bits per heavy atom. The fourth-order valence-electron chi connectivity index (χ4n) is 3.91. The minimum absolute atomic E-state index is 0.0122. The molecule has 0 heterocycles. The fourth-order valence-corrected chi connectivity index (χ4v) is 5.64. The highest BCUT2D eigenvalue weighted by atomic mass is 35.5. The van der Waals surface area contributed by atoms with Crippen LogP contribution in [0.2, 0.25) is 10.0 Å². The lowest BCUT2D eigenvalue weighted by Gasteiger charge is -2.27. The quantitative estimate of drug-likeness (QED) is 0.282. The molecule has 36 heavy (non-hydrogen) atoms. The molecule has 0 aliphatic carbocycles. The van der Waals surface area contributed by atoms with E-state index in [0.717, 1.165) is 21.0 Å². The van der Waals surface area contributed by atoms with Gasteiger partial charge in [-0.05, 0) is 66.1 Å². The van der Waals surface area contributed by atoms with Crippen molar-refractivity contribution in [2.75, 3.05) is 10.8 Å². The van der Waals surface area contributed by atoms with Crippen LogP contribution < -0.4 is 9.62 Å². The molecule has 0 saturated heterocycles. The number of anilines is 1. The number of hydrogen-bond acceptors (Lipinski definition) is 3. The number of halogens is 2. The third kappa shape index (κ3) is 5.90. The van der Waals surface area contributed by atoms with Gasteiger partial charge < -0.3 is 5.32 Å². The fraction of sp³-hybridized carbons (Fsp3) is 0.107. The first kappa shape index (κ1) is 25.8. The lowest BCUT2D eigenvalue weighted by molar-refractivity contribution is -0.120. The number of nitrogens with one attached hydrogen (secondary N) is 1. The third-order valence-corrected chi connectivity index (χ3v) is 8.00. The Morgan fingerprint density at radius 1 is 0.833 bits per heavy atom. The Hall–Kier alpha value is -3.32. The Kier molecular flexibility index (Phi) is 7.99. The van der Waals surface area contributed by atoms with Crippen molar-refractivity contribution < 1.29 is 13.2 Å². The van der Waals surface area contributed by atoms with E-state index in [9.17, 15) is 13.2 Å². The maximum atomic E-state index is 13.6. The van der Waals surface area contributed by atoms with Gasteiger partial charge in [0.1, 0.15) is 6.54 Å². The Labute approximate surface area is 221 Å². The van der Waals surface area contributed by atoms with E-state index in [1.54, 1.807) is 18.2 Å². The molecule has 1 atom stereocenters. The number of carbonyl (C=O) groups is 1. The van der Waals surface area contributed by atoms with E-state index in [-0.39, 0.29) is 10.6 Å². The van der Waals surface area contributed by atoms with Crippen LogP contribution in [0, 0.1) is 6.92 Å². The Morgan fingerprint density at radius 2 is 1.50 bits per heavy atom.